The molecule has 25 heavy (non-hydrogen) atoms. The summed E-state index contributed by atoms with van der Waals surface area (Å²) in [6, 6.07) is 0. The highest BCUT2D eigenvalue weighted by atomic mass is 32.1. The number of rotatable bonds is 6. The van der Waals surface area contributed by atoms with Gasteiger partial charge < -0.3 is 15.2 Å². The molecule has 1 aliphatic heterocycles. The van der Waals surface area contributed by atoms with Crippen LogP contribution in [0.5, 0.6) is 0 Å². The first-order valence-electron chi connectivity index (χ1n) is 8.50. The Morgan fingerprint density at radius 3 is 2.96 bits per heavy atom. The van der Waals surface area contributed by atoms with Crippen LogP contribution in [-0.4, -0.2) is 44.3 Å². The summed E-state index contributed by atoms with van der Waals surface area (Å²) in [5, 5.41) is 0. The molecular weight excluding hydrogens is 338 g/mol. The average Bonchev–Trinajstić information content (AvgIpc) is 3.21. The number of imidazole rings is 1. The number of aryl methyl sites for hydroxylation is 2. The highest BCUT2D eigenvalue weighted by Gasteiger charge is 2.27. The van der Waals surface area contributed by atoms with E-state index in [1.54, 1.807) is 28.3 Å². The van der Waals surface area contributed by atoms with Crippen molar-refractivity contribution < 1.29 is 9.59 Å². The van der Waals surface area contributed by atoms with Crippen molar-refractivity contribution in [2.45, 2.75) is 45.1 Å². The van der Waals surface area contributed by atoms with E-state index in [4.69, 9.17) is 5.73 Å². The Bertz CT molecular complexity index is 754. The monoisotopic (exact) mass is 361 g/mol. The summed E-state index contributed by atoms with van der Waals surface area (Å²) in [6.07, 6.45) is 6.62. The number of nitrogens with two attached hydrogens (primary N) is 1. The van der Waals surface area contributed by atoms with Gasteiger partial charge in [-0.05, 0) is 26.2 Å². The predicted octanol–water partition coefficient (Wildman–Crippen LogP) is 1.47. The molecule has 0 spiro atoms. The standard InChI is InChI=1S/C17H23N5O2S/c1-12-14(25-11-20-12)4-5-16(24)21-7-2-3-13(9-21)17-19-6-8-22(17)10-15(18)23/h6,8,11,13H,2-5,7,9-10H2,1H3,(H2,18,23)/t13-/m0/s1. The Labute approximate surface area is 150 Å². The van der Waals surface area contributed by atoms with Gasteiger partial charge in [0.1, 0.15) is 12.4 Å². The van der Waals surface area contributed by atoms with E-state index in [1.165, 1.54) is 4.88 Å². The van der Waals surface area contributed by atoms with Crippen molar-refractivity contribution in [1.82, 2.24) is 19.4 Å². The first-order valence-corrected chi connectivity index (χ1v) is 9.38. The fourth-order valence-electron chi connectivity index (χ4n) is 3.34. The molecule has 1 aliphatic rings. The Kier molecular flexibility index (Phi) is 5.47. The fraction of sp³-hybridized carbons (Fsp3) is 0.529. The zero-order valence-electron chi connectivity index (χ0n) is 14.4. The van der Waals surface area contributed by atoms with E-state index in [0.29, 0.717) is 13.0 Å². The van der Waals surface area contributed by atoms with Crippen LogP contribution in [0.3, 0.4) is 0 Å². The maximum atomic E-state index is 12.6. The SMILES string of the molecule is Cc1ncsc1CCC(=O)N1CCC[C@H](c2nccn2CC(N)=O)C1. The van der Waals surface area contributed by atoms with E-state index < -0.39 is 0 Å². The summed E-state index contributed by atoms with van der Waals surface area (Å²) in [6.45, 7) is 3.54. The van der Waals surface area contributed by atoms with Crippen molar-refractivity contribution in [3.63, 3.8) is 0 Å². The van der Waals surface area contributed by atoms with Gasteiger partial charge >= 0.3 is 0 Å². The number of carbonyl (C=O) groups excluding carboxylic acids is 2. The average molecular weight is 361 g/mol. The minimum absolute atomic E-state index is 0.129. The number of aromatic nitrogens is 3. The quantitative estimate of drug-likeness (QED) is 0.843. The van der Waals surface area contributed by atoms with Gasteiger partial charge in [0.25, 0.3) is 0 Å². The van der Waals surface area contributed by atoms with Gasteiger partial charge in [-0.25, -0.2) is 9.97 Å². The summed E-state index contributed by atoms with van der Waals surface area (Å²) < 4.78 is 1.79. The minimum atomic E-state index is -0.386. The van der Waals surface area contributed by atoms with Crippen LogP contribution in [0.25, 0.3) is 0 Å². The third-order valence-electron chi connectivity index (χ3n) is 4.62. The first kappa shape index (κ1) is 17.6. The molecule has 2 amide bonds. The second kappa shape index (κ2) is 7.77. The molecule has 0 aromatic carbocycles. The summed E-state index contributed by atoms with van der Waals surface area (Å²) in [4.78, 5) is 35.5. The number of amides is 2. The largest absolute Gasteiger partial charge is 0.368 e. The lowest BCUT2D eigenvalue weighted by Crippen LogP contribution is -2.40. The second-order valence-corrected chi connectivity index (χ2v) is 7.36. The number of hydrogen-bond acceptors (Lipinski definition) is 5. The van der Waals surface area contributed by atoms with Crippen LogP contribution in [0.15, 0.2) is 17.9 Å². The van der Waals surface area contributed by atoms with Gasteiger partial charge in [0.2, 0.25) is 11.8 Å². The molecular formula is C17H23N5O2S. The van der Waals surface area contributed by atoms with Crippen molar-refractivity contribution in [2.24, 2.45) is 5.73 Å². The predicted molar refractivity (Wildman–Crippen MR) is 95.1 cm³/mol. The third-order valence-corrected chi connectivity index (χ3v) is 5.62. The molecule has 2 aromatic heterocycles. The Balaban J connectivity index is 1.61. The van der Waals surface area contributed by atoms with Crippen molar-refractivity contribution >= 4 is 23.2 Å². The molecule has 0 unspecified atom stereocenters. The van der Waals surface area contributed by atoms with E-state index in [-0.39, 0.29) is 24.3 Å². The molecule has 1 fully saturated rings. The second-order valence-electron chi connectivity index (χ2n) is 6.42. The number of nitrogens with zero attached hydrogens (tertiary/aromatic N) is 4. The molecule has 0 bridgehead atoms. The van der Waals surface area contributed by atoms with Gasteiger partial charge in [-0.2, -0.15) is 0 Å². The molecule has 0 aliphatic carbocycles. The van der Waals surface area contributed by atoms with Crippen molar-refractivity contribution in [1.29, 1.82) is 0 Å². The number of primary amides is 1. The van der Waals surface area contributed by atoms with Crippen LogP contribution >= 0.6 is 11.3 Å². The maximum Gasteiger partial charge on any atom is 0.237 e. The zero-order valence-corrected chi connectivity index (χ0v) is 15.2. The molecule has 7 nitrogen and oxygen atoms in total. The van der Waals surface area contributed by atoms with Gasteiger partial charge in [0.15, 0.2) is 0 Å². The van der Waals surface area contributed by atoms with E-state index >= 15 is 0 Å². The van der Waals surface area contributed by atoms with E-state index in [0.717, 1.165) is 37.3 Å². The van der Waals surface area contributed by atoms with Gasteiger partial charge in [-0.15, -0.1) is 11.3 Å². The van der Waals surface area contributed by atoms with Gasteiger partial charge in [-0.1, -0.05) is 0 Å². The van der Waals surface area contributed by atoms with Gasteiger partial charge in [0.05, 0.1) is 11.2 Å². The van der Waals surface area contributed by atoms with Crippen LogP contribution in [0.2, 0.25) is 0 Å². The molecule has 3 heterocycles. The molecule has 134 valence electrons. The molecule has 0 radical (unpaired) electrons. The number of thiazole rings is 1. The van der Waals surface area contributed by atoms with Crippen molar-refractivity contribution in [2.75, 3.05) is 13.1 Å². The smallest absolute Gasteiger partial charge is 0.237 e. The van der Waals surface area contributed by atoms with E-state index in [9.17, 15) is 9.59 Å². The third kappa shape index (κ3) is 4.25. The fourth-order valence-corrected chi connectivity index (χ4v) is 4.12. The van der Waals surface area contributed by atoms with Crippen LogP contribution in [0, 0.1) is 6.92 Å². The Morgan fingerprint density at radius 1 is 1.40 bits per heavy atom. The molecule has 1 atom stereocenters. The number of hydrogen-bond donors (Lipinski definition) is 1. The van der Waals surface area contributed by atoms with Crippen LogP contribution < -0.4 is 5.73 Å². The first-order chi connectivity index (χ1) is 12.0. The normalized spacial score (nSPS) is 17.6. The number of piperidine rings is 1. The number of likely N-dealkylation sites (tertiary alicyclic amines) is 1. The minimum Gasteiger partial charge on any atom is -0.368 e. The van der Waals surface area contributed by atoms with Crippen molar-refractivity contribution in [3.8, 4) is 0 Å². The lowest BCUT2D eigenvalue weighted by Gasteiger charge is -2.32. The summed E-state index contributed by atoms with van der Waals surface area (Å²) in [5.74, 6) is 0.778. The summed E-state index contributed by atoms with van der Waals surface area (Å²) in [5.41, 5.74) is 8.14. The summed E-state index contributed by atoms with van der Waals surface area (Å²) in [7, 11) is 0. The van der Waals surface area contributed by atoms with Crippen molar-refractivity contribution in [3.05, 3.63) is 34.3 Å². The molecule has 3 rings (SSSR count). The topological polar surface area (TPSA) is 94.1 Å². The zero-order chi connectivity index (χ0) is 17.8. The highest BCUT2D eigenvalue weighted by molar-refractivity contribution is 7.09. The van der Waals surface area contributed by atoms with Crippen LogP contribution in [0.1, 0.15) is 41.6 Å². The highest BCUT2D eigenvalue weighted by Crippen LogP contribution is 2.26. The lowest BCUT2D eigenvalue weighted by molar-refractivity contribution is -0.132. The molecule has 8 heteroatoms. The Morgan fingerprint density at radius 2 is 2.24 bits per heavy atom. The van der Waals surface area contributed by atoms with Gasteiger partial charge in [-0.3, -0.25) is 9.59 Å². The Hall–Kier alpha value is -2.22. The number of carbonyl (C=O) groups is 2. The lowest BCUT2D eigenvalue weighted by atomic mass is 9.96. The molecule has 2 N–H and O–H groups in total. The van der Waals surface area contributed by atoms with E-state index in [1.807, 2.05) is 17.3 Å². The molecule has 1 saturated heterocycles. The van der Waals surface area contributed by atoms with E-state index in [2.05, 4.69) is 9.97 Å². The summed E-state index contributed by atoms with van der Waals surface area (Å²) >= 11 is 1.61. The van der Waals surface area contributed by atoms with Crippen LogP contribution in [0.4, 0.5) is 0 Å². The maximum absolute atomic E-state index is 12.6. The van der Waals surface area contributed by atoms with Crippen LogP contribution in [-0.2, 0) is 22.6 Å². The molecule has 2 aromatic rings. The van der Waals surface area contributed by atoms with Gasteiger partial charge in [0, 0.05) is 42.7 Å². The molecule has 0 saturated carbocycles.